The molecular formula is C12H19FN2O. The van der Waals surface area contributed by atoms with Crippen molar-refractivity contribution in [1.82, 2.24) is 0 Å². The van der Waals surface area contributed by atoms with E-state index in [0.717, 1.165) is 5.69 Å². The molecule has 0 heterocycles. The molecule has 0 amide bonds. The standard InChI is InChI=1S/C12H19FN2O/c1-9(2)15(4-3-5-16)12-7-10(13)6-11(14)8-12/h6-9,16H,3-5,14H2,1-2H3. The van der Waals surface area contributed by atoms with E-state index in [1.54, 1.807) is 6.07 Å². The van der Waals surface area contributed by atoms with E-state index in [4.69, 9.17) is 10.8 Å². The number of aliphatic hydroxyl groups excluding tert-OH is 1. The number of nitrogens with two attached hydrogens (primary N) is 1. The molecule has 0 atom stereocenters. The lowest BCUT2D eigenvalue weighted by molar-refractivity contribution is 0.288. The Morgan fingerprint density at radius 1 is 1.38 bits per heavy atom. The summed E-state index contributed by atoms with van der Waals surface area (Å²) >= 11 is 0. The summed E-state index contributed by atoms with van der Waals surface area (Å²) in [6.45, 7) is 4.88. The minimum Gasteiger partial charge on any atom is -0.399 e. The normalized spacial score (nSPS) is 10.8. The highest BCUT2D eigenvalue weighted by atomic mass is 19.1. The summed E-state index contributed by atoms with van der Waals surface area (Å²) in [7, 11) is 0. The van der Waals surface area contributed by atoms with Gasteiger partial charge >= 0.3 is 0 Å². The van der Waals surface area contributed by atoms with Crippen molar-refractivity contribution in [2.45, 2.75) is 26.3 Å². The van der Waals surface area contributed by atoms with Crippen LogP contribution in [0.4, 0.5) is 15.8 Å². The van der Waals surface area contributed by atoms with Crippen molar-refractivity contribution >= 4 is 11.4 Å². The summed E-state index contributed by atoms with van der Waals surface area (Å²) in [4.78, 5) is 2.02. The summed E-state index contributed by atoms with van der Waals surface area (Å²) in [5, 5.41) is 8.83. The number of hydrogen-bond donors (Lipinski definition) is 2. The number of rotatable bonds is 5. The second-order valence-corrected chi connectivity index (χ2v) is 4.11. The second kappa shape index (κ2) is 5.70. The average Bonchev–Trinajstić information content (AvgIpc) is 2.16. The van der Waals surface area contributed by atoms with Gasteiger partial charge in [-0.25, -0.2) is 4.39 Å². The molecule has 0 bridgehead atoms. The predicted molar refractivity (Wildman–Crippen MR) is 65.0 cm³/mol. The zero-order valence-electron chi connectivity index (χ0n) is 9.78. The predicted octanol–water partition coefficient (Wildman–Crippen LogP) is 2.01. The Bertz CT molecular complexity index is 322. The fourth-order valence-electron chi connectivity index (χ4n) is 1.69. The van der Waals surface area contributed by atoms with Crippen molar-refractivity contribution in [1.29, 1.82) is 0 Å². The minimum atomic E-state index is -0.329. The number of halogens is 1. The van der Waals surface area contributed by atoms with Gasteiger partial charge in [-0.05, 0) is 38.5 Å². The fourth-order valence-corrected chi connectivity index (χ4v) is 1.69. The fraction of sp³-hybridized carbons (Fsp3) is 0.500. The van der Waals surface area contributed by atoms with Crippen LogP contribution in [-0.4, -0.2) is 24.3 Å². The third kappa shape index (κ3) is 3.38. The first-order valence-electron chi connectivity index (χ1n) is 5.48. The Balaban J connectivity index is 2.91. The number of benzene rings is 1. The second-order valence-electron chi connectivity index (χ2n) is 4.11. The van der Waals surface area contributed by atoms with Crippen LogP contribution in [-0.2, 0) is 0 Å². The van der Waals surface area contributed by atoms with Gasteiger partial charge in [-0.2, -0.15) is 0 Å². The molecule has 0 unspecified atom stereocenters. The molecule has 3 nitrogen and oxygen atoms in total. The molecule has 1 rings (SSSR count). The maximum Gasteiger partial charge on any atom is 0.127 e. The highest BCUT2D eigenvalue weighted by molar-refractivity contribution is 5.56. The van der Waals surface area contributed by atoms with E-state index >= 15 is 0 Å². The summed E-state index contributed by atoms with van der Waals surface area (Å²) in [6, 6.07) is 4.76. The molecule has 0 saturated carbocycles. The van der Waals surface area contributed by atoms with Gasteiger partial charge in [0.1, 0.15) is 5.82 Å². The zero-order valence-corrected chi connectivity index (χ0v) is 9.78. The van der Waals surface area contributed by atoms with Crippen LogP contribution >= 0.6 is 0 Å². The smallest absolute Gasteiger partial charge is 0.127 e. The van der Waals surface area contributed by atoms with E-state index in [1.165, 1.54) is 12.1 Å². The van der Waals surface area contributed by atoms with E-state index < -0.39 is 0 Å². The molecule has 90 valence electrons. The van der Waals surface area contributed by atoms with Gasteiger partial charge in [0.15, 0.2) is 0 Å². The van der Waals surface area contributed by atoms with Gasteiger partial charge in [-0.3, -0.25) is 0 Å². The maximum atomic E-state index is 13.2. The van der Waals surface area contributed by atoms with Crippen molar-refractivity contribution in [3.63, 3.8) is 0 Å². The van der Waals surface area contributed by atoms with Gasteiger partial charge in [0.05, 0.1) is 0 Å². The molecule has 1 aromatic rings. The third-order valence-electron chi connectivity index (χ3n) is 2.42. The largest absolute Gasteiger partial charge is 0.399 e. The lowest BCUT2D eigenvalue weighted by atomic mass is 10.2. The molecule has 0 fully saturated rings. The first-order chi connectivity index (χ1) is 7.54. The van der Waals surface area contributed by atoms with Gasteiger partial charge in [0.2, 0.25) is 0 Å². The highest BCUT2D eigenvalue weighted by Crippen LogP contribution is 2.22. The molecule has 3 N–H and O–H groups in total. The van der Waals surface area contributed by atoms with Crippen LogP contribution in [0.1, 0.15) is 20.3 Å². The molecule has 0 aliphatic heterocycles. The maximum absolute atomic E-state index is 13.2. The topological polar surface area (TPSA) is 49.5 Å². The van der Waals surface area contributed by atoms with Gasteiger partial charge in [-0.15, -0.1) is 0 Å². The SMILES string of the molecule is CC(C)N(CCCO)c1cc(N)cc(F)c1. The first kappa shape index (κ1) is 12.8. The summed E-state index contributed by atoms with van der Waals surface area (Å²) in [5.74, 6) is -0.329. The van der Waals surface area contributed by atoms with Gasteiger partial charge in [0.25, 0.3) is 0 Å². The molecule has 0 radical (unpaired) electrons. The Morgan fingerprint density at radius 2 is 2.06 bits per heavy atom. The van der Waals surface area contributed by atoms with Crippen LogP contribution in [0, 0.1) is 5.82 Å². The van der Waals surface area contributed by atoms with Crippen LogP contribution in [0.2, 0.25) is 0 Å². The molecule has 0 aromatic heterocycles. The number of aliphatic hydroxyl groups is 1. The van der Waals surface area contributed by atoms with Crippen LogP contribution in [0.5, 0.6) is 0 Å². The molecule has 0 saturated heterocycles. The summed E-state index contributed by atoms with van der Waals surface area (Å²) < 4.78 is 13.2. The van der Waals surface area contributed by atoms with Crippen molar-refractivity contribution < 1.29 is 9.50 Å². The molecule has 0 spiro atoms. The van der Waals surface area contributed by atoms with Gasteiger partial charge in [0, 0.05) is 30.6 Å². The molecular weight excluding hydrogens is 207 g/mol. The molecule has 0 aliphatic carbocycles. The van der Waals surface area contributed by atoms with Crippen molar-refractivity contribution in [3.8, 4) is 0 Å². The average molecular weight is 226 g/mol. The van der Waals surface area contributed by atoms with Crippen LogP contribution < -0.4 is 10.6 Å². The minimum absolute atomic E-state index is 0.133. The lowest BCUT2D eigenvalue weighted by Gasteiger charge is -2.29. The van der Waals surface area contributed by atoms with E-state index in [0.29, 0.717) is 18.7 Å². The molecule has 1 aromatic carbocycles. The summed E-state index contributed by atoms with van der Waals surface area (Å²) in [5.41, 5.74) is 6.80. The summed E-state index contributed by atoms with van der Waals surface area (Å²) in [6.07, 6.45) is 0.661. The van der Waals surface area contributed by atoms with Crippen LogP contribution in [0.3, 0.4) is 0 Å². The Labute approximate surface area is 95.7 Å². The van der Waals surface area contributed by atoms with Crippen LogP contribution in [0.25, 0.3) is 0 Å². The van der Waals surface area contributed by atoms with Crippen molar-refractivity contribution in [2.24, 2.45) is 0 Å². The van der Waals surface area contributed by atoms with Gasteiger partial charge in [-0.1, -0.05) is 0 Å². The quantitative estimate of drug-likeness (QED) is 0.755. The Hall–Kier alpha value is -1.29. The number of nitrogens with zero attached hydrogens (tertiary/aromatic N) is 1. The van der Waals surface area contributed by atoms with Crippen molar-refractivity contribution in [3.05, 3.63) is 24.0 Å². The monoisotopic (exact) mass is 226 g/mol. The zero-order chi connectivity index (χ0) is 12.1. The number of nitrogen functional groups attached to an aromatic ring is 1. The molecule has 16 heavy (non-hydrogen) atoms. The number of hydrogen-bond acceptors (Lipinski definition) is 3. The van der Waals surface area contributed by atoms with Crippen molar-refractivity contribution in [2.75, 3.05) is 23.8 Å². The van der Waals surface area contributed by atoms with Crippen LogP contribution in [0.15, 0.2) is 18.2 Å². The highest BCUT2D eigenvalue weighted by Gasteiger charge is 2.11. The van der Waals surface area contributed by atoms with E-state index in [2.05, 4.69) is 0 Å². The van der Waals surface area contributed by atoms with Gasteiger partial charge < -0.3 is 15.7 Å². The van der Waals surface area contributed by atoms with E-state index in [9.17, 15) is 4.39 Å². The number of anilines is 2. The molecule has 4 heteroatoms. The Kier molecular flexibility index (Phi) is 4.55. The molecule has 0 aliphatic rings. The van der Waals surface area contributed by atoms with E-state index in [-0.39, 0.29) is 18.5 Å². The lowest BCUT2D eigenvalue weighted by Crippen LogP contribution is -2.32. The van der Waals surface area contributed by atoms with E-state index in [1.807, 2.05) is 18.7 Å². The first-order valence-corrected chi connectivity index (χ1v) is 5.48. The third-order valence-corrected chi connectivity index (χ3v) is 2.42. The Morgan fingerprint density at radius 3 is 2.56 bits per heavy atom.